The number of rotatable bonds is 6. The van der Waals surface area contributed by atoms with Crippen molar-refractivity contribution in [3.05, 3.63) is 48.5 Å². The van der Waals surface area contributed by atoms with Crippen LogP contribution in [0.2, 0.25) is 0 Å². The molecule has 0 amide bonds. The number of aromatic nitrogens is 4. The number of sulfone groups is 1. The number of nitrogens with zero attached hydrogens (tertiary/aromatic N) is 5. The van der Waals surface area contributed by atoms with Gasteiger partial charge in [0.1, 0.15) is 9.86 Å². The van der Waals surface area contributed by atoms with E-state index in [9.17, 15) is 8.42 Å². The number of aryl methyl sites for hydroxylation is 2. The van der Waals surface area contributed by atoms with Crippen molar-refractivity contribution in [2.45, 2.75) is 24.0 Å². The monoisotopic (exact) mass is 425 g/mol. The first-order valence-corrected chi connectivity index (χ1v) is 11.5. The highest BCUT2D eigenvalue weighted by Gasteiger charge is 2.19. The summed E-state index contributed by atoms with van der Waals surface area (Å²) in [7, 11) is -1.49. The summed E-state index contributed by atoms with van der Waals surface area (Å²) in [6.45, 7) is 1.97. The van der Waals surface area contributed by atoms with Crippen molar-refractivity contribution in [2.24, 2.45) is 7.05 Å². The maximum atomic E-state index is 12.5. The third-order valence-corrected chi connectivity index (χ3v) is 8.16. The summed E-state index contributed by atoms with van der Waals surface area (Å²) in [4.78, 5) is 5.28. The minimum atomic E-state index is -3.38. The van der Waals surface area contributed by atoms with Crippen LogP contribution in [-0.2, 0) is 16.9 Å². The van der Waals surface area contributed by atoms with Gasteiger partial charge in [-0.3, -0.25) is 9.08 Å². The molecule has 0 aliphatic carbocycles. The predicted octanol–water partition coefficient (Wildman–Crippen LogP) is 3.85. The average molecular weight is 426 g/mol. The van der Waals surface area contributed by atoms with Crippen LogP contribution in [0.4, 0.5) is 0 Å². The predicted molar refractivity (Wildman–Crippen MR) is 112 cm³/mol. The molecule has 4 aromatic rings. The molecule has 0 N–H and O–H groups in total. The van der Waals surface area contributed by atoms with Crippen molar-refractivity contribution < 1.29 is 8.42 Å². The third-order valence-electron chi connectivity index (χ3n) is 4.67. The molecule has 0 aliphatic rings. The Morgan fingerprint density at radius 3 is 2.76 bits per heavy atom. The number of fused-ring (bicyclic) bond motifs is 1. The Labute approximate surface area is 172 Å². The van der Waals surface area contributed by atoms with Crippen molar-refractivity contribution in [3.8, 4) is 27.8 Å². The zero-order valence-corrected chi connectivity index (χ0v) is 17.7. The molecule has 0 spiro atoms. The molecule has 29 heavy (non-hydrogen) atoms. The van der Waals surface area contributed by atoms with Crippen molar-refractivity contribution in [3.63, 3.8) is 0 Å². The molecule has 148 valence electrons. The quantitative estimate of drug-likeness (QED) is 0.438. The minimum absolute atomic E-state index is 0.0158. The standard InChI is InChI=1S/C20H19N5O2S2/c1-14-16(13-24(2)23-14)15-5-7-19-22-11-17(25(19)12-15)18-6-8-20(28-18)29(26,27)10-4-3-9-21/h5-8,11-13H,3-4,10H2,1-2H3. The molecular formula is C20H19N5O2S2. The Hall–Kier alpha value is -2.96. The van der Waals surface area contributed by atoms with Crippen molar-refractivity contribution >= 4 is 26.8 Å². The molecule has 0 aliphatic heterocycles. The maximum Gasteiger partial charge on any atom is 0.187 e. The summed E-state index contributed by atoms with van der Waals surface area (Å²) in [6, 6.07) is 9.39. The summed E-state index contributed by atoms with van der Waals surface area (Å²) in [5.41, 5.74) is 4.63. The average Bonchev–Trinajstić information content (AvgIpc) is 3.39. The highest BCUT2D eigenvalue weighted by Crippen LogP contribution is 2.33. The van der Waals surface area contributed by atoms with E-state index in [1.165, 1.54) is 11.3 Å². The van der Waals surface area contributed by atoms with Gasteiger partial charge in [0, 0.05) is 37.0 Å². The van der Waals surface area contributed by atoms with Gasteiger partial charge < -0.3 is 0 Å². The fraction of sp³-hybridized carbons (Fsp3) is 0.250. The van der Waals surface area contributed by atoms with E-state index in [0.717, 1.165) is 33.0 Å². The van der Waals surface area contributed by atoms with Crippen molar-refractivity contribution in [2.75, 3.05) is 5.75 Å². The van der Waals surface area contributed by atoms with Crippen molar-refractivity contribution in [1.82, 2.24) is 19.2 Å². The molecule has 0 bridgehead atoms. The lowest BCUT2D eigenvalue weighted by Gasteiger charge is -2.04. The van der Waals surface area contributed by atoms with Gasteiger partial charge in [-0.05, 0) is 37.6 Å². The second-order valence-corrected chi connectivity index (χ2v) is 10.2. The summed E-state index contributed by atoms with van der Waals surface area (Å²) < 4.78 is 29.1. The van der Waals surface area contributed by atoms with Gasteiger partial charge >= 0.3 is 0 Å². The number of pyridine rings is 1. The van der Waals surface area contributed by atoms with Gasteiger partial charge in [-0.1, -0.05) is 0 Å². The topological polar surface area (TPSA) is 93.0 Å². The summed E-state index contributed by atoms with van der Waals surface area (Å²) in [6.07, 6.45) is 6.32. The molecule has 0 saturated heterocycles. The number of imidazole rings is 1. The van der Waals surface area contributed by atoms with E-state index in [4.69, 9.17) is 5.26 Å². The zero-order chi connectivity index (χ0) is 20.6. The van der Waals surface area contributed by atoms with E-state index in [2.05, 4.69) is 10.1 Å². The highest BCUT2D eigenvalue weighted by molar-refractivity contribution is 7.93. The lowest BCUT2D eigenvalue weighted by Crippen LogP contribution is -2.04. The SMILES string of the molecule is Cc1nn(C)cc1-c1ccc2ncc(-c3ccc(S(=O)(=O)CCCC#N)s3)n2c1. The van der Waals surface area contributed by atoms with Crippen LogP contribution in [0.3, 0.4) is 0 Å². The fourth-order valence-corrected chi connectivity index (χ4v) is 6.04. The Bertz CT molecular complexity index is 1340. The van der Waals surface area contributed by atoms with Crippen LogP contribution < -0.4 is 0 Å². The zero-order valence-electron chi connectivity index (χ0n) is 16.0. The Balaban J connectivity index is 1.72. The van der Waals surface area contributed by atoms with Crippen LogP contribution in [0, 0.1) is 18.3 Å². The molecule has 0 atom stereocenters. The smallest absolute Gasteiger partial charge is 0.187 e. The van der Waals surface area contributed by atoms with Crippen LogP contribution in [0.1, 0.15) is 18.5 Å². The van der Waals surface area contributed by atoms with Gasteiger partial charge in [0.2, 0.25) is 0 Å². The Morgan fingerprint density at radius 1 is 1.21 bits per heavy atom. The first-order chi connectivity index (χ1) is 13.9. The number of hydrogen-bond donors (Lipinski definition) is 0. The molecule has 4 rings (SSSR count). The van der Waals surface area contributed by atoms with Gasteiger partial charge in [-0.15, -0.1) is 11.3 Å². The fourth-order valence-electron chi connectivity index (χ4n) is 3.27. The second-order valence-electron chi connectivity index (χ2n) is 6.79. The van der Waals surface area contributed by atoms with E-state index in [1.54, 1.807) is 16.9 Å². The van der Waals surface area contributed by atoms with E-state index in [1.807, 2.05) is 55.0 Å². The highest BCUT2D eigenvalue weighted by atomic mass is 32.2. The van der Waals surface area contributed by atoms with Crippen LogP contribution in [0.5, 0.6) is 0 Å². The van der Waals surface area contributed by atoms with Gasteiger partial charge in [0.15, 0.2) is 9.84 Å². The first-order valence-electron chi connectivity index (χ1n) is 9.07. The molecule has 0 fully saturated rings. The van der Waals surface area contributed by atoms with E-state index >= 15 is 0 Å². The number of nitriles is 1. The number of unbranched alkanes of at least 4 members (excludes halogenated alkanes) is 1. The van der Waals surface area contributed by atoms with Crippen LogP contribution in [0.25, 0.3) is 27.3 Å². The van der Waals surface area contributed by atoms with Crippen molar-refractivity contribution in [1.29, 1.82) is 5.26 Å². The summed E-state index contributed by atoms with van der Waals surface area (Å²) in [5.74, 6) is -0.0158. The molecule has 0 aromatic carbocycles. The molecule has 7 nitrogen and oxygen atoms in total. The minimum Gasteiger partial charge on any atom is -0.298 e. The number of hydrogen-bond acceptors (Lipinski definition) is 6. The van der Waals surface area contributed by atoms with Gasteiger partial charge in [0.05, 0.1) is 34.3 Å². The summed E-state index contributed by atoms with van der Waals surface area (Å²) in [5, 5.41) is 13.0. The molecule has 0 radical (unpaired) electrons. The molecule has 9 heteroatoms. The number of thiophene rings is 1. The van der Waals surface area contributed by atoms with Gasteiger partial charge in [-0.2, -0.15) is 10.4 Å². The normalized spacial score (nSPS) is 11.8. The molecule has 4 heterocycles. The summed E-state index contributed by atoms with van der Waals surface area (Å²) >= 11 is 1.23. The van der Waals surface area contributed by atoms with Crippen LogP contribution in [0.15, 0.2) is 47.1 Å². The van der Waals surface area contributed by atoms with E-state index in [-0.39, 0.29) is 12.2 Å². The largest absolute Gasteiger partial charge is 0.298 e. The van der Waals surface area contributed by atoms with E-state index in [0.29, 0.717) is 10.6 Å². The van der Waals surface area contributed by atoms with Gasteiger partial charge in [-0.25, -0.2) is 13.4 Å². The molecule has 0 unspecified atom stereocenters. The lowest BCUT2D eigenvalue weighted by atomic mass is 10.1. The lowest BCUT2D eigenvalue weighted by molar-refractivity contribution is 0.595. The van der Waals surface area contributed by atoms with Crippen LogP contribution >= 0.6 is 11.3 Å². The second kappa shape index (κ2) is 7.46. The maximum absolute atomic E-state index is 12.5. The Kier molecular flexibility index (Phi) is 4.98. The van der Waals surface area contributed by atoms with Gasteiger partial charge in [0.25, 0.3) is 0 Å². The molecular weight excluding hydrogens is 406 g/mol. The first kappa shape index (κ1) is 19.4. The molecule has 4 aromatic heterocycles. The molecule has 0 saturated carbocycles. The van der Waals surface area contributed by atoms with E-state index < -0.39 is 9.84 Å². The van der Waals surface area contributed by atoms with Crippen LogP contribution in [-0.4, -0.2) is 33.3 Å². The Morgan fingerprint density at radius 2 is 2.03 bits per heavy atom. The third kappa shape index (κ3) is 3.69.